The molecule has 2 N–H and O–H groups in total. The topological polar surface area (TPSA) is 103 Å². The van der Waals surface area contributed by atoms with Gasteiger partial charge in [0, 0.05) is 37.5 Å². The molecule has 4 aliphatic rings. The molecule has 1 amide bonds. The van der Waals surface area contributed by atoms with Crippen LogP contribution in [-0.4, -0.2) is 81.4 Å². The van der Waals surface area contributed by atoms with Crippen molar-refractivity contribution in [2.45, 2.75) is 57.6 Å². The fourth-order valence-corrected chi connectivity index (χ4v) is 6.10. The van der Waals surface area contributed by atoms with Crippen LogP contribution in [0.1, 0.15) is 59.2 Å². The van der Waals surface area contributed by atoms with Crippen LogP contribution in [0.3, 0.4) is 0 Å². The number of benzene rings is 1. The van der Waals surface area contributed by atoms with Crippen molar-refractivity contribution in [1.29, 1.82) is 5.41 Å². The number of aliphatic hydroxyl groups is 1. The van der Waals surface area contributed by atoms with Crippen molar-refractivity contribution in [2.75, 3.05) is 32.8 Å². The van der Waals surface area contributed by atoms with E-state index in [0.717, 1.165) is 32.2 Å². The summed E-state index contributed by atoms with van der Waals surface area (Å²) >= 11 is 6.22. The Balaban J connectivity index is 1.34. The van der Waals surface area contributed by atoms with Gasteiger partial charge < -0.3 is 20.2 Å². The van der Waals surface area contributed by atoms with Crippen molar-refractivity contribution in [3.63, 3.8) is 0 Å². The number of carbonyl (C=O) groups is 1. The molecule has 6 rings (SSSR count). The monoisotopic (exact) mass is 529 g/mol. The maximum Gasteiger partial charge on any atom is 0.257 e. The summed E-state index contributed by atoms with van der Waals surface area (Å²) in [6.45, 7) is 5.72. The molecule has 4 atom stereocenters. The second kappa shape index (κ2) is 10.6. The summed E-state index contributed by atoms with van der Waals surface area (Å²) in [5.74, 6) is -0.000587. The number of aromatic nitrogens is 2. The molecule has 3 saturated heterocycles. The van der Waals surface area contributed by atoms with Crippen molar-refractivity contribution in [3.8, 4) is 5.75 Å². The van der Waals surface area contributed by atoms with E-state index in [0.29, 0.717) is 52.0 Å². The molecule has 4 unspecified atom stereocenters. The largest absolute Gasteiger partial charge is 0.489 e. The van der Waals surface area contributed by atoms with Gasteiger partial charge in [-0.1, -0.05) is 11.6 Å². The minimum absolute atomic E-state index is 0.128. The van der Waals surface area contributed by atoms with Crippen LogP contribution in [0, 0.1) is 31.0 Å². The normalized spacial score (nSPS) is 26.0. The number of ether oxygens (including phenoxy) is 1. The summed E-state index contributed by atoms with van der Waals surface area (Å²) < 4.78 is 20.7. The third-order valence-electron chi connectivity index (χ3n) is 7.89. The number of hydrogen-bond donors (Lipinski definition) is 2. The fourth-order valence-electron chi connectivity index (χ4n) is 6.02. The molecule has 2 aromatic rings. The number of nitrogens with one attached hydrogen (secondary N) is 1. The molecular weight excluding hydrogens is 497 g/mol. The van der Waals surface area contributed by atoms with Crippen LogP contribution in [0.2, 0.25) is 5.02 Å². The molecule has 1 saturated carbocycles. The molecule has 10 heteroatoms. The van der Waals surface area contributed by atoms with Crippen molar-refractivity contribution in [3.05, 3.63) is 51.8 Å². The number of halogens is 2. The molecule has 4 fully saturated rings. The standard InChI is InChI=1S/C27H33ClFN5O3/c1-15-25(28)16(2)32-26(31-15)22-13-34(14-23(22)30)27(36)21-6-4-18(29)10-24(21)37-20-9-17-3-5-19(11-20)33(12-17)7-8-35/h4,6,10,17,19-20,22,30,35H,3,5,7-9,11-14H2,1-2H3. The van der Waals surface area contributed by atoms with Crippen LogP contribution in [0.5, 0.6) is 5.75 Å². The van der Waals surface area contributed by atoms with Crippen LogP contribution < -0.4 is 4.74 Å². The Hall–Kier alpha value is -2.62. The van der Waals surface area contributed by atoms with Gasteiger partial charge in [-0.05, 0) is 57.6 Å². The summed E-state index contributed by atoms with van der Waals surface area (Å²) in [6.07, 6.45) is 3.66. The number of aryl methyl sites for hydroxylation is 2. The van der Waals surface area contributed by atoms with Crippen LogP contribution in [0.15, 0.2) is 18.2 Å². The fraction of sp³-hybridized carbons (Fsp3) is 0.556. The Morgan fingerprint density at radius 2 is 1.97 bits per heavy atom. The van der Waals surface area contributed by atoms with Gasteiger partial charge in [0.2, 0.25) is 0 Å². The molecule has 2 bridgehead atoms. The lowest BCUT2D eigenvalue weighted by Gasteiger charge is -2.35. The van der Waals surface area contributed by atoms with Crippen LogP contribution >= 0.6 is 11.6 Å². The second-order valence-corrected chi connectivity index (χ2v) is 10.9. The van der Waals surface area contributed by atoms with Crippen LogP contribution in [0.25, 0.3) is 0 Å². The van der Waals surface area contributed by atoms with Gasteiger partial charge in [-0.2, -0.15) is 0 Å². The van der Waals surface area contributed by atoms with Crippen LogP contribution in [-0.2, 0) is 0 Å². The molecular formula is C27H33ClFN5O3. The predicted octanol–water partition coefficient (Wildman–Crippen LogP) is 3.76. The molecule has 0 radical (unpaired) electrons. The van der Waals surface area contributed by atoms with E-state index in [1.807, 2.05) is 0 Å². The van der Waals surface area contributed by atoms with Crippen molar-refractivity contribution in [2.24, 2.45) is 5.92 Å². The minimum Gasteiger partial charge on any atom is -0.489 e. The minimum atomic E-state index is -0.461. The van der Waals surface area contributed by atoms with E-state index in [1.54, 1.807) is 18.7 Å². The first-order valence-electron chi connectivity index (χ1n) is 12.9. The Labute approximate surface area is 221 Å². The van der Waals surface area contributed by atoms with E-state index in [-0.39, 0.29) is 37.5 Å². The van der Waals surface area contributed by atoms with E-state index >= 15 is 0 Å². The van der Waals surface area contributed by atoms with Gasteiger partial charge in [-0.3, -0.25) is 9.69 Å². The average molecular weight is 530 g/mol. The lowest BCUT2D eigenvalue weighted by Crippen LogP contribution is -2.42. The summed E-state index contributed by atoms with van der Waals surface area (Å²) in [6, 6.07) is 4.35. The number of nitrogens with zero attached hydrogens (tertiary/aromatic N) is 4. The summed E-state index contributed by atoms with van der Waals surface area (Å²) in [4.78, 5) is 26.5. The molecule has 1 aromatic heterocycles. The lowest BCUT2D eigenvalue weighted by molar-refractivity contribution is 0.0783. The van der Waals surface area contributed by atoms with Gasteiger partial charge in [0.1, 0.15) is 23.5 Å². The van der Waals surface area contributed by atoms with E-state index in [1.165, 1.54) is 18.2 Å². The number of likely N-dealkylation sites (tertiary alicyclic amines) is 1. The smallest absolute Gasteiger partial charge is 0.257 e. The third-order valence-corrected chi connectivity index (χ3v) is 8.43. The first-order chi connectivity index (χ1) is 17.7. The van der Waals surface area contributed by atoms with Gasteiger partial charge in [-0.15, -0.1) is 0 Å². The number of amides is 1. The van der Waals surface area contributed by atoms with Gasteiger partial charge in [0.05, 0.1) is 41.0 Å². The van der Waals surface area contributed by atoms with Gasteiger partial charge in [-0.25, -0.2) is 14.4 Å². The Morgan fingerprint density at radius 3 is 2.70 bits per heavy atom. The Kier molecular flexibility index (Phi) is 7.47. The average Bonchev–Trinajstić information content (AvgIpc) is 3.04. The number of hydrogen-bond acceptors (Lipinski definition) is 7. The quantitative estimate of drug-likeness (QED) is 0.590. The highest BCUT2D eigenvalue weighted by molar-refractivity contribution is 6.31. The maximum absolute atomic E-state index is 14.3. The third kappa shape index (κ3) is 5.35. The first kappa shape index (κ1) is 26.0. The van der Waals surface area contributed by atoms with Gasteiger partial charge in [0.25, 0.3) is 5.91 Å². The molecule has 3 aliphatic heterocycles. The summed E-state index contributed by atoms with van der Waals surface area (Å²) in [5.41, 5.74) is 1.93. The molecule has 0 spiro atoms. The first-order valence-corrected chi connectivity index (χ1v) is 13.3. The maximum atomic E-state index is 14.3. The molecule has 198 valence electrons. The molecule has 1 aromatic carbocycles. The highest BCUT2D eigenvalue weighted by atomic mass is 35.5. The number of aliphatic hydroxyl groups excluding tert-OH is 1. The molecule has 37 heavy (non-hydrogen) atoms. The van der Waals surface area contributed by atoms with Gasteiger partial charge in [0.15, 0.2) is 0 Å². The van der Waals surface area contributed by atoms with E-state index in [2.05, 4.69) is 14.9 Å². The predicted molar refractivity (Wildman–Crippen MR) is 138 cm³/mol. The summed E-state index contributed by atoms with van der Waals surface area (Å²) in [5, 5.41) is 18.5. The van der Waals surface area contributed by atoms with Gasteiger partial charge >= 0.3 is 0 Å². The zero-order valence-electron chi connectivity index (χ0n) is 21.2. The number of carbonyl (C=O) groups excluding carboxylic acids is 1. The number of fused-ring (bicyclic) bond motifs is 4. The Bertz CT molecular complexity index is 1190. The highest BCUT2D eigenvalue weighted by Crippen LogP contribution is 2.36. The number of rotatable bonds is 6. The second-order valence-electron chi connectivity index (χ2n) is 10.5. The van der Waals surface area contributed by atoms with Crippen molar-refractivity contribution < 1.29 is 19.0 Å². The van der Waals surface area contributed by atoms with E-state index < -0.39 is 11.7 Å². The van der Waals surface area contributed by atoms with Crippen molar-refractivity contribution in [1.82, 2.24) is 19.8 Å². The SMILES string of the molecule is Cc1nc(C2CN(C(=O)c3ccc(F)cc3OC3CC4CCC(C3)N(CCO)C4)CC2=N)nc(C)c1Cl. The molecule has 8 nitrogen and oxygen atoms in total. The Morgan fingerprint density at radius 1 is 1.22 bits per heavy atom. The highest BCUT2D eigenvalue weighted by Gasteiger charge is 2.38. The van der Waals surface area contributed by atoms with E-state index in [4.69, 9.17) is 21.7 Å². The summed E-state index contributed by atoms with van der Waals surface area (Å²) in [7, 11) is 0. The molecule has 1 aliphatic carbocycles. The molecule has 4 heterocycles. The van der Waals surface area contributed by atoms with Crippen molar-refractivity contribution >= 4 is 23.2 Å². The lowest BCUT2D eigenvalue weighted by atomic mass is 9.95. The number of piperidine rings is 1. The zero-order chi connectivity index (χ0) is 26.3. The van der Waals surface area contributed by atoms with E-state index in [9.17, 15) is 14.3 Å². The zero-order valence-corrected chi connectivity index (χ0v) is 22.0. The van der Waals surface area contributed by atoms with Crippen LogP contribution in [0.4, 0.5) is 4.39 Å².